The number of anilines is 1. The first-order chi connectivity index (χ1) is 13.7. The maximum atomic E-state index is 13.4. The van der Waals surface area contributed by atoms with Crippen molar-refractivity contribution >= 4 is 28.9 Å². The fourth-order valence-electron chi connectivity index (χ4n) is 2.39. The summed E-state index contributed by atoms with van der Waals surface area (Å²) in [7, 11) is 0. The molecule has 1 radical (unpaired) electrons. The van der Waals surface area contributed by atoms with Crippen LogP contribution < -0.4 is 15.4 Å². The van der Waals surface area contributed by atoms with Crippen molar-refractivity contribution in [2.45, 2.75) is 32.4 Å². The number of thiocarbonyl (C=S) groups is 1. The molecule has 0 saturated carbocycles. The molecule has 1 amide bonds. The molecule has 0 saturated heterocycles. The van der Waals surface area contributed by atoms with E-state index in [9.17, 15) is 18.0 Å². The molecule has 1 heterocycles. The summed E-state index contributed by atoms with van der Waals surface area (Å²) in [6.07, 6.45) is -0.774. The predicted octanol–water partition coefficient (Wildman–Crippen LogP) is 4.98. The smallest absolute Gasteiger partial charge is 0.420 e. The van der Waals surface area contributed by atoms with Crippen LogP contribution in [0.5, 0.6) is 5.75 Å². The molecule has 0 fully saturated rings. The summed E-state index contributed by atoms with van der Waals surface area (Å²) >= 11 is 5.02. The Labute approximate surface area is 172 Å². The summed E-state index contributed by atoms with van der Waals surface area (Å²) in [6.45, 7) is 5.82. The van der Waals surface area contributed by atoms with Gasteiger partial charge in [-0.05, 0) is 55.9 Å². The Balaban J connectivity index is 2.06. The second-order valence-electron chi connectivity index (χ2n) is 6.21. The topological polar surface area (TPSA) is 63.2 Å². The van der Waals surface area contributed by atoms with Gasteiger partial charge in [-0.1, -0.05) is 19.8 Å². The molecular weight excluding hydrogens is 403 g/mol. The van der Waals surface area contributed by atoms with E-state index in [0.717, 1.165) is 18.9 Å². The Morgan fingerprint density at radius 2 is 2.00 bits per heavy atom. The lowest BCUT2D eigenvalue weighted by Gasteiger charge is -2.16. The number of pyridine rings is 1. The number of aromatic nitrogens is 1. The first kappa shape index (κ1) is 22.6. The van der Waals surface area contributed by atoms with Crippen LogP contribution in [0, 0.1) is 6.92 Å². The lowest BCUT2D eigenvalue weighted by atomic mass is 10.1. The number of alkyl halides is 3. The molecule has 29 heavy (non-hydrogen) atoms. The average Bonchev–Trinajstić information content (AvgIpc) is 2.65. The van der Waals surface area contributed by atoms with Crippen LogP contribution in [0.3, 0.4) is 0 Å². The zero-order chi connectivity index (χ0) is 21.4. The predicted molar refractivity (Wildman–Crippen MR) is 109 cm³/mol. The summed E-state index contributed by atoms with van der Waals surface area (Å²) in [6, 6.07) is 6.60. The Morgan fingerprint density at radius 1 is 1.24 bits per heavy atom. The molecule has 0 aliphatic carbocycles. The zero-order valence-electron chi connectivity index (χ0n) is 15.8. The van der Waals surface area contributed by atoms with Gasteiger partial charge >= 0.3 is 6.18 Å². The molecule has 0 unspecified atom stereocenters. The first-order valence-corrected chi connectivity index (χ1v) is 9.36. The summed E-state index contributed by atoms with van der Waals surface area (Å²) in [5, 5.41) is 4.83. The number of hydrogen-bond acceptors (Lipinski definition) is 4. The Morgan fingerprint density at radius 3 is 2.62 bits per heavy atom. The number of carbonyl (C=O) groups is 1. The van der Waals surface area contributed by atoms with Crippen molar-refractivity contribution < 1.29 is 22.7 Å². The summed E-state index contributed by atoms with van der Waals surface area (Å²) in [5.41, 5.74) is -0.0922. The molecule has 5 nitrogen and oxygen atoms in total. The largest absolute Gasteiger partial charge is 0.493 e. The number of rotatable bonds is 7. The molecule has 0 spiro atoms. The second-order valence-corrected chi connectivity index (χ2v) is 6.62. The van der Waals surface area contributed by atoms with Gasteiger partial charge in [0.05, 0.1) is 17.7 Å². The normalized spacial score (nSPS) is 11.1. The van der Waals surface area contributed by atoms with Crippen molar-refractivity contribution in [3.8, 4) is 5.75 Å². The number of amides is 1. The van der Waals surface area contributed by atoms with Crippen molar-refractivity contribution in [1.29, 1.82) is 0 Å². The highest BCUT2D eigenvalue weighted by Crippen LogP contribution is 2.38. The van der Waals surface area contributed by atoms with Gasteiger partial charge in [0.2, 0.25) is 0 Å². The third-order valence-electron chi connectivity index (χ3n) is 3.86. The van der Waals surface area contributed by atoms with Gasteiger partial charge in [-0.2, -0.15) is 13.2 Å². The Bertz CT molecular complexity index is 855. The van der Waals surface area contributed by atoms with E-state index in [1.54, 1.807) is 6.07 Å². The standard InChI is InChI=1S/C20H21F3N3O2S/c1-3-4-5-10-28-17-9-8-15(11-16(17)20(21,22)23)25-19(29)26-18(27)14-7-6-13(2)24-12-14/h6-9,11-12H,2-5,10H2,1H3,(H2,25,26,27,29). The third-order valence-corrected chi connectivity index (χ3v) is 4.07. The van der Waals surface area contributed by atoms with Gasteiger partial charge in [0.15, 0.2) is 5.11 Å². The quantitative estimate of drug-likeness (QED) is 0.485. The number of carbonyl (C=O) groups excluding carboxylic acids is 1. The fraction of sp³-hybridized carbons (Fsp3) is 0.300. The average molecular weight is 424 g/mol. The Hall–Kier alpha value is -2.68. The minimum Gasteiger partial charge on any atom is -0.493 e. The van der Waals surface area contributed by atoms with Crippen LogP contribution >= 0.6 is 12.2 Å². The van der Waals surface area contributed by atoms with Crippen LogP contribution in [0.2, 0.25) is 0 Å². The fourth-order valence-corrected chi connectivity index (χ4v) is 2.60. The van der Waals surface area contributed by atoms with E-state index in [4.69, 9.17) is 17.0 Å². The molecule has 2 N–H and O–H groups in total. The number of nitrogens with one attached hydrogen (secondary N) is 2. The molecule has 2 rings (SSSR count). The van der Waals surface area contributed by atoms with Gasteiger partial charge in [0.25, 0.3) is 5.91 Å². The zero-order valence-corrected chi connectivity index (χ0v) is 16.6. The highest BCUT2D eigenvalue weighted by molar-refractivity contribution is 7.80. The summed E-state index contributed by atoms with van der Waals surface area (Å²) < 4.78 is 45.4. The monoisotopic (exact) mass is 424 g/mol. The highest BCUT2D eigenvalue weighted by Gasteiger charge is 2.34. The number of halogens is 3. The van der Waals surface area contributed by atoms with E-state index in [1.807, 2.05) is 6.92 Å². The summed E-state index contributed by atoms with van der Waals surface area (Å²) in [5.74, 6) is -0.782. The van der Waals surface area contributed by atoms with E-state index in [1.165, 1.54) is 24.4 Å². The number of unbranched alkanes of at least 4 members (excludes halogenated alkanes) is 2. The lowest BCUT2D eigenvalue weighted by Crippen LogP contribution is -2.34. The summed E-state index contributed by atoms with van der Waals surface area (Å²) in [4.78, 5) is 16.0. The highest BCUT2D eigenvalue weighted by atomic mass is 32.1. The number of hydrogen-bond donors (Lipinski definition) is 2. The van der Waals surface area contributed by atoms with Crippen LogP contribution in [0.25, 0.3) is 0 Å². The minimum absolute atomic E-state index is 0.0785. The van der Waals surface area contributed by atoms with Crippen LogP contribution in [0.15, 0.2) is 36.5 Å². The van der Waals surface area contributed by atoms with Crippen LogP contribution in [-0.4, -0.2) is 22.6 Å². The van der Waals surface area contributed by atoms with Gasteiger partial charge in [0, 0.05) is 17.6 Å². The maximum absolute atomic E-state index is 13.4. The van der Waals surface area contributed by atoms with Gasteiger partial charge < -0.3 is 10.1 Å². The lowest BCUT2D eigenvalue weighted by molar-refractivity contribution is -0.138. The third kappa shape index (κ3) is 7.01. The van der Waals surface area contributed by atoms with E-state index in [2.05, 4.69) is 22.5 Å². The van der Waals surface area contributed by atoms with Crippen molar-refractivity contribution in [3.63, 3.8) is 0 Å². The molecule has 0 aliphatic heterocycles. The van der Waals surface area contributed by atoms with E-state index in [0.29, 0.717) is 12.1 Å². The molecule has 1 aromatic carbocycles. The van der Waals surface area contributed by atoms with Crippen LogP contribution in [-0.2, 0) is 6.18 Å². The molecule has 0 aliphatic rings. The first-order valence-electron chi connectivity index (χ1n) is 8.95. The maximum Gasteiger partial charge on any atom is 0.420 e. The molecular formula is C20H21F3N3O2S. The molecule has 1 aromatic heterocycles. The molecule has 9 heteroatoms. The van der Waals surface area contributed by atoms with Crippen molar-refractivity contribution in [1.82, 2.24) is 10.3 Å². The van der Waals surface area contributed by atoms with Gasteiger partial charge in [-0.25, -0.2) is 0 Å². The van der Waals surface area contributed by atoms with E-state index < -0.39 is 17.6 Å². The second kappa shape index (κ2) is 10.2. The van der Waals surface area contributed by atoms with Crippen molar-refractivity contribution in [2.24, 2.45) is 0 Å². The number of ether oxygens (including phenoxy) is 1. The van der Waals surface area contributed by atoms with Crippen molar-refractivity contribution in [3.05, 3.63) is 60.3 Å². The van der Waals surface area contributed by atoms with E-state index in [-0.39, 0.29) is 28.7 Å². The number of nitrogens with zero attached hydrogens (tertiary/aromatic N) is 1. The SMILES string of the molecule is [CH2]c1ccc(C(=O)NC(=S)Nc2ccc(OCCCCC)c(C(F)(F)F)c2)cn1. The van der Waals surface area contributed by atoms with Crippen LogP contribution in [0.1, 0.15) is 47.8 Å². The molecule has 155 valence electrons. The van der Waals surface area contributed by atoms with Gasteiger partial charge in [0.1, 0.15) is 5.75 Å². The Kier molecular flexibility index (Phi) is 7.95. The number of benzene rings is 1. The van der Waals surface area contributed by atoms with E-state index >= 15 is 0 Å². The van der Waals surface area contributed by atoms with Crippen LogP contribution in [0.4, 0.5) is 18.9 Å². The molecule has 2 aromatic rings. The molecule has 0 atom stereocenters. The van der Waals surface area contributed by atoms with Crippen molar-refractivity contribution in [2.75, 3.05) is 11.9 Å². The minimum atomic E-state index is -4.59. The van der Waals surface area contributed by atoms with Gasteiger partial charge in [-0.3, -0.25) is 15.1 Å². The van der Waals surface area contributed by atoms with Gasteiger partial charge in [-0.15, -0.1) is 0 Å². The molecule has 0 bridgehead atoms.